The SMILES string of the molecule is O=C1[C@H]2CC(Cl)=CC[C@H]2C(=O)N1c1ccccc1. The molecule has 1 aromatic rings. The minimum Gasteiger partial charge on any atom is -0.274 e. The van der Waals surface area contributed by atoms with Gasteiger partial charge in [0.1, 0.15) is 0 Å². The van der Waals surface area contributed by atoms with Crippen LogP contribution in [0, 0.1) is 11.8 Å². The molecule has 1 aliphatic heterocycles. The normalized spacial score (nSPS) is 27.2. The molecule has 2 amide bonds. The highest BCUT2D eigenvalue weighted by molar-refractivity contribution is 6.30. The molecule has 2 aliphatic rings. The van der Waals surface area contributed by atoms with Crippen molar-refractivity contribution in [3.63, 3.8) is 0 Å². The zero-order chi connectivity index (χ0) is 12.7. The Morgan fingerprint density at radius 3 is 2.44 bits per heavy atom. The molecule has 1 saturated heterocycles. The highest BCUT2D eigenvalue weighted by Crippen LogP contribution is 2.40. The van der Waals surface area contributed by atoms with Crippen LogP contribution in [0.5, 0.6) is 0 Å². The van der Waals surface area contributed by atoms with E-state index in [0.717, 1.165) is 0 Å². The minimum absolute atomic E-state index is 0.100. The molecule has 1 fully saturated rings. The van der Waals surface area contributed by atoms with Gasteiger partial charge >= 0.3 is 0 Å². The predicted octanol–water partition coefficient (Wildman–Crippen LogP) is 2.71. The van der Waals surface area contributed by atoms with Crippen LogP contribution in [0.3, 0.4) is 0 Å². The molecule has 1 aromatic carbocycles. The lowest BCUT2D eigenvalue weighted by Crippen LogP contribution is -2.30. The lowest BCUT2D eigenvalue weighted by Gasteiger charge is -2.17. The highest BCUT2D eigenvalue weighted by Gasteiger charge is 2.48. The van der Waals surface area contributed by atoms with Gasteiger partial charge in [-0.25, -0.2) is 0 Å². The third-order valence-electron chi connectivity index (χ3n) is 3.58. The monoisotopic (exact) mass is 261 g/mol. The molecule has 3 nitrogen and oxygen atoms in total. The minimum atomic E-state index is -0.282. The quantitative estimate of drug-likeness (QED) is 0.729. The predicted molar refractivity (Wildman–Crippen MR) is 69.1 cm³/mol. The smallest absolute Gasteiger partial charge is 0.238 e. The zero-order valence-electron chi connectivity index (χ0n) is 9.67. The van der Waals surface area contributed by atoms with Gasteiger partial charge in [-0.1, -0.05) is 35.9 Å². The third kappa shape index (κ3) is 1.66. The molecule has 0 saturated carbocycles. The Balaban J connectivity index is 1.96. The van der Waals surface area contributed by atoms with Crippen LogP contribution in [-0.4, -0.2) is 11.8 Å². The number of halogens is 1. The lowest BCUT2D eigenvalue weighted by atomic mass is 9.85. The maximum absolute atomic E-state index is 12.3. The first-order valence-electron chi connectivity index (χ1n) is 5.96. The summed E-state index contributed by atoms with van der Waals surface area (Å²) in [6.45, 7) is 0. The first kappa shape index (κ1) is 11.5. The molecule has 1 aliphatic carbocycles. The first-order chi connectivity index (χ1) is 8.68. The number of hydrogen-bond donors (Lipinski definition) is 0. The summed E-state index contributed by atoms with van der Waals surface area (Å²) < 4.78 is 0. The van der Waals surface area contributed by atoms with E-state index in [4.69, 9.17) is 11.6 Å². The number of carbonyl (C=O) groups excluding carboxylic acids is 2. The Bertz CT molecular complexity index is 538. The molecule has 2 atom stereocenters. The second-order valence-electron chi connectivity index (χ2n) is 4.65. The number of benzene rings is 1. The molecule has 3 rings (SSSR count). The topological polar surface area (TPSA) is 37.4 Å². The lowest BCUT2D eigenvalue weighted by molar-refractivity contribution is -0.122. The summed E-state index contributed by atoms with van der Waals surface area (Å²) in [5.74, 6) is -0.741. The fraction of sp³-hybridized carbons (Fsp3) is 0.286. The number of imide groups is 1. The second-order valence-corrected chi connectivity index (χ2v) is 5.14. The van der Waals surface area contributed by atoms with Crippen LogP contribution in [0.1, 0.15) is 12.8 Å². The van der Waals surface area contributed by atoms with Gasteiger partial charge < -0.3 is 0 Å². The van der Waals surface area contributed by atoms with Crippen LogP contribution in [0.4, 0.5) is 5.69 Å². The number of para-hydroxylation sites is 1. The average Bonchev–Trinajstić information content (AvgIpc) is 2.63. The van der Waals surface area contributed by atoms with Crippen molar-refractivity contribution < 1.29 is 9.59 Å². The van der Waals surface area contributed by atoms with Crippen molar-refractivity contribution in [1.29, 1.82) is 0 Å². The Labute approximate surface area is 110 Å². The van der Waals surface area contributed by atoms with Crippen molar-refractivity contribution in [3.05, 3.63) is 41.4 Å². The number of fused-ring (bicyclic) bond motifs is 1. The van der Waals surface area contributed by atoms with Gasteiger partial charge in [-0.2, -0.15) is 0 Å². The third-order valence-corrected chi connectivity index (χ3v) is 3.89. The molecular weight excluding hydrogens is 250 g/mol. The molecule has 0 radical (unpaired) electrons. The van der Waals surface area contributed by atoms with Gasteiger partial charge in [-0.3, -0.25) is 14.5 Å². The zero-order valence-corrected chi connectivity index (χ0v) is 10.4. The van der Waals surface area contributed by atoms with Crippen LogP contribution in [-0.2, 0) is 9.59 Å². The van der Waals surface area contributed by atoms with Crippen molar-refractivity contribution in [2.75, 3.05) is 4.90 Å². The number of carbonyl (C=O) groups is 2. The van der Waals surface area contributed by atoms with E-state index in [1.165, 1.54) is 4.90 Å². The van der Waals surface area contributed by atoms with Gasteiger partial charge in [0.15, 0.2) is 0 Å². The fourth-order valence-electron chi connectivity index (χ4n) is 2.66. The van der Waals surface area contributed by atoms with Crippen LogP contribution >= 0.6 is 11.6 Å². The maximum atomic E-state index is 12.3. The van der Waals surface area contributed by atoms with E-state index < -0.39 is 0 Å². The molecule has 0 bridgehead atoms. The fourth-order valence-corrected chi connectivity index (χ4v) is 2.91. The van der Waals surface area contributed by atoms with E-state index in [2.05, 4.69) is 0 Å². The summed E-state index contributed by atoms with van der Waals surface area (Å²) in [7, 11) is 0. The summed E-state index contributed by atoms with van der Waals surface area (Å²) in [4.78, 5) is 25.9. The van der Waals surface area contributed by atoms with Gasteiger partial charge in [0, 0.05) is 5.03 Å². The van der Waals surface area contributed by atoms with Crippen molar-refractivity contribution >= 4 is 29.1 Å². The van der Waals surface area contributed by atoms with Gasteiger partial charge in [0.25, 0.3) is 0 Å². The van der Waals surface area contributed by atoms with Gasteiger partial charge in [-0.15, -0.1) is 0 Å². The van der Waals surface area contributed by atoms with E-state index >= 15 is 0 Å². The summed E-state index contributed by atoms with van der Waals surface area (Å²) >= 11 is 5.97. The number of rotatable bonds is 1. The molecule has 92 valence electrons. The summed E-state index contributed by atoms with van der Waals surface area (Å²) in [6.07, 6.45) is 2.90. The largest absolute Gasteiger partial charge is 0.274 e. The molecule has 0 spiro atoms. The van der Waals surface area contributed by atoms with Gasteiger partial charge in [0.05, 0.1) is 17.5 Å². The maximum Gasteiger partial charge on any atom is 0.238 e. The van der Waals surface area contributed by atoms with Crippen molar-refractivity contribution in [2.45, 2.75) is 12.8 Å². The van der Waals surface area contributed by atoms with Crippen molar-refractivity contribution in [2.24, 2.45) is 11.8 Å². The molecule has 0 N–H and O–H groups in total. The van der Waals surface area contributed by atoms with E-state index in [1.54, 1.807) is 12.1 Å². The molecule has 1 heterocycles. The van der Waals surface area contributed by atoms with Gasteiger partial charge in [0.2, 0.25) is 11.8 Å². The van der Waals surface area contributed by atoms with E-state index in [1.807, 2.05) is 24.3 Å². The number of amides is 2. The van der Waals surface area contributed by atoms with Crippen molar-refractivity contribution in [1.82, 2.24) is 0 Å². The molecule has 18 heavy (non-hydrogen) atoms. The molecule has 0 unspecified atom stereocenters. The summed E-state index contributed by atoms with van der Waals surface area (Å²) in [5, 5.41) is 0.687. The Kier molecular flexibility index (Phi) is 2.71. The average molecular weight is 262 g/mol. The molecular formula is C14H12ClNO2. The van der Waals surface area contributed by atoms with E-state index in [9.17, 15) is 9.59 Å². The van der Waals surface area contributed by atoms with E-state index in [-0.39, 0.29) is 23.7 Å². The van der Waals surface area contributed by atoms with Crippen LogP contribution in [0.25, 0.3) is 0 Å². The second kappa shape index (κ2) is 4.25. The first-order valence-corrected chi connectivity index (χ1v) is 6.33. The van der Waals surface area contributed by atoms with Crippen LogP contribution < -0.4 is 4.90 Å². The van der Waals surface area contributed by atoms with Crippen LogP contribution in [0.2, 0.25) is 0 Å². The number of hydrogen-bond acceptors (Lipinski definition) is 2. The Hall–Kier alpha value is -1.61. The Morgan fingerprint density at radius 1 is 1.06 bits per heavy atom. The number of anilines is 1. The van der Waals surface area contributed by atoms with Crippen LogP contribution in [0.15, 0.2) is 41.4 Å². The van der Waals surface area contributed by atoms with E-state index in [0.29, 0.717) is 23.6 Å². The highest BCUT2D eigenvalue weighted by atomic mass is 35.5. The van der Waals surface area contributed by atoms with Crippen molar-refractivity contribution in [3.8, 4) is 0 Å². The summed E-state index contributed by atoms with van der Waals surface area (Å²) in [6, 6.07) is 9.07. The standard InChI is InChI=1S/C14H12ClNO2/c15-9-6-7-11-12(8-9)14(18)16(13(11)17)10-4-2-1-3-5-10/h1-6,11-12H,7-8H2/t11-,12+/m1/s1. The molecule has 4 heteroatoms. The number of nitrogens with zero attached hydrogens (tertiary/aromatic N) is 1. The Morgan fingerprint density at radius 2 is 1.72 bits per heavy atom. The van der Waals surface area contributed by atoms with Gasteiger partial charge in [-0.05, 0) is 25.0 Å². The molecule has 0 aromatic heterocycles. The number of allylic oxidation sites excluding steroid dienone is 2. The summed E-state index contributed by atoms with van der Waals surface area (Å²) in [5.41, 5.74) is 0.651.